The predicted molar refractivity (Wildman–Crippen MR) is 178 cm³/mol. The largest absolute Gasteiger partial charge is 0.418 e. The highest BCUT2D eigenvalue weighted by Gasteiger charge is 2.47. The molecule has 1 aromatic heterocycles. The van der Waals surface area contributed by atoms with Gasteiger partial charge in [-0.05, 0) is 54.9 Å². The third-order valence-corrected chi connectivity index (χ3v) is 9.67. The summed E-state index contributed by atoms with van der Waals surface area (Å²) in [6.45, 7) is 9.35. The smallest absolute Gasteiger partial charge is 0.358 e. The number of hydrogen-bond donors (Lipinski definition) is 5. The number of fused-ring (bicyclic) bond motifs is 3. The number of halogens is 4. The van der Waals surface area contributed by atoms with Crippen LogP contribution >= 0.6 is 0 Å². The molecule has 4 amide bonds. The molecule has 49 heavy (non-hydrogen) atoms. The zero-order valence-corrected chi connectivity index (χ0v) is 28.4. The highest BCUT2D eigenvalue weighted by Crippen LogP contribution is 2.40. The van der Waals surface area contributed by atoms with Gasteiger partial charge in [-0.2, -0.15) is 13.2 Å². The van der Waals surface area contributed by atoms with E-state index in [1.165, 1.54) is 30.3 Å². The molecular weight excluding hydrogens is 642 g/mol. The van der Waals surface area contributed by atoms with Crippen molar-refractivity contribution >= 4 is 34.5 Å². The zero-order chi connectivity index (χ0) is 36.1. The fourth-order valence-corrected chi connectivity index (χ4v) is 6.38. The Bertz CT molecular complexity index is 1690. The lowest BCUT2D eigenvalue weighted by Gasteiger charge is -2.39. The fourth-order valence-electron chi connectivity index (χ4n) is 6.38. The zero-order valence-electron chi connectivity index (χ0n) is 28.4. The number of carbonyl (C=O) groups is 4. The maximum absolute atomic E-state index is 14.4. The first kappa shape index (κ1) is 37.4. The van der Waals surface area contributed by atoms with Crippen LogP contribution in [0.5, 0.6) is 0 Å². The van der Waals surface area contributed by atoms with Gasteiger partial charge in [-0.15, -0.1) is 0 Å². The monoisotopic (exact) mass is 687 g/mol. The predicted octanol–water partition coefficient (Wildman–Crippen LogP) is 5.11. The molecule has 0 fully saturated rings. The first-order valence-corrected chi connectivity index (χ1v) is 16.8. The van der Waals surface area contributed by atoms with Crippen molar-refractivity contribution in [3.05, 3.63) is 70.7 Å². The van der Waals surface area contributed by atoms with Gasteiger partial charge in [-0.1, -0.05) is 70.9 Å². The maximum Gasteiger partial charge on any atom is 0.418 e. The number of nitrogens with one attached hydrogen (secondary N) is 5. The molecule has 2 aromatic carbocycles. The molecule has 0 aliphatic heterocycles. The van der Waals surface area contributed by atoms with Crippen LogP contribution in [0.2, 0.25) is 0 Å². The van der Waals surface area contributed by atoms with E-state index in [-0.39, 0.29) is 48.1 Å². The summed E-state index contributed by atoms with van der Waals surface area (Å²) in [6, 6.07) is 7.56. The van der Waals surface area contributed by atoms with Crippen LogP contribution in [-0.4, -0.2) is 52.8 Å². The van der Waals surface area contributed by atoms with Crippen molar-refractivity contribution in [2.75, 3.05) is 6.54 Å². The summed E-state index contributed by atoms with van der Waals surface area (Å²) >= 11 is 0. The van der Waals surface area contributed by atoms with Gasteiger partial charge in [0, 0.05) is 24.0 Å². The molecule has 0 saturated heterocycles. The molecule has 3 aromatic rings. The quantitative estimate of drug-likeness (QED) is 0.160. The second kappa shape index (κ2) is 15.4. The van der Waals surface area contributed by atoms with E-state index in [0.29, 0.717) is 30.6 Å². The normalized spacial score (nSPS) is 18.5. The second-order valence-corrected chi connectivity index (χ2v) is 13.0. The molecule has 5 atom stereocenters. The fraction of sp³-hybridized carbons (Fsp3) is 0.500. The molecule has 0 spiro atoms. The summed E-state index contributed by atoms with van der Waals surface area (Å²) in [7, 11) is 0. The molecular formula is C36H45F4N5O4. The second-order valence-electron chi connectivity index (χ2n) is 13.0. The summed E-state index contributed by atoms with van der Waals surface area (Å²) in [4.78, 5) is 57.7. The number of aromatic amines is 1. The molecule has 0 radical (unpaired) electrons. The van der Waals surface area contributed by atoms with Crippen molar-refractivity contribution in [1.82, 2.24) is 26.3 Å². The number of rotatable bonds is 13. The molecule has 5 N–H and O–H groups in total. The van der Waals surface area contributed by atoms with E-state index in [9.17, 15) is 36.7 Å². The van der Waals surface area contributed by atoms with Gasteiger partial charge < -0.3 is 26.3 Å². The van der Waals surface area contributed by atoms with Crippen LogP contribution in [0.4, 0.5) is 17.6 Å². The van der Waals surface area contributed by atoms with Gasteiger partial charge in [0.1, 0.15) is 23.4 Å². The number of hydrogen-bond acceptors (Lipinski definition) is 4. The Kier molecular flexibility index (Phi) is 11.8. The van der Waals surface area contributed by atoms with E-state index >= 15 is 0 Å². The molecule has 0 saturated carbocycles. The van der Waals surface area contributed by atoms with Crippen molar-refractivity contribution in [3.63, 3.8) is 0 Å². The van der Waals surface area contributed by atoms with Crippen molar-refractivity contribution in [1.29, 1.82) is 0 Å². The number of aromatic nitrogens is 1. The molecule has 0 bridgehead atoms. The molecule has 13 heteroatoms. The Morgan fingerprint density at radius 2 is 1.55 bits per heavy atom. The lowest BCUT2D eigenvalue weighted by atomic mass is 9.78. The molecule has 4 rings (SSSR count). The summed E-state index contributed by atoms with van der Waals surface area (Å²) in [6.07, 6.45) is -3.96. The average molecular weight is 688 g/mol. The van der Waals surface area contributed by atoms with Gasteiger partial charge in [0.15, 0.2) is 0 Å². The number of carbonyl (C=O) groups excluding carboxylic acids is 4. The van der Waals surface area contributed by atoms with E-state index in [0.717, 1.165) is 6.07 Å². The van der Waals surface area contributed by atoms with Crippen LogP contribution < -0.4 is 21.3 Å². The molecule has 266 valence electrons. The summed E-state index contributed by atoms with van der Waals surface area (Å²) < 4.78 is 56.2. The lowest BCUT2D eigenvalue weighted by Crippen LogP contribution is -2.67. The minimum absolute atomic E-state index is 0.00473. The van der Waals surface area contributed by atoms with E-state index < -0.39 is 64.7 Å². The minimum Gasteiger partial charge on any atom is -0.358 e. The van der Waals surface area contributed by atoms with Crippen LogP contribution in [0, 0.1) is 17.7 Å². The van der Waals surface area contributed by atoms with Crippen molar-refractivity contribution < 1.29 is 36.7 Å². The standard InChI is InChI=1S/C36H45F4N5O4/c1-6-20(4)29(32(47)41-8-3)44-34(49)35(17-16-27-24(19-35)23-13-11-14-25(31(23)42-27)36(38,39)40)45-33(48)30(21(5)7-2)43-28(46)18-22-12-9-10-15-26(22)37/h9-15,20-21,29-30,42H,6-8,16-19H2,1-5H3,(H,41,47)(H,43,46)(H,44,49)(H,45,48)/t20?,21?,29-,30-,35+/m0/s1. The third-order valence-electron chi connectivity index (χ3n) is 9.67. The SMILES string of the molecule is CCNC(=O)[C@@H](NC(=O)[C@@]1(NC(=O)[C@@H](NC(=O)Cc2ccccc2F)C(C)CC)CCc2[nH]c3c(C(F)(F)F)cccc3c2C1)C(C)CC. The van der Waals surface area contributed by atoms with Gasteiger partial charge >= 0.3 is 6.18 Å². The minimum atomic E-state index is -4.63. The van der Waals surface area contributed by atoms with Gasteiger partial charge in [-0.25, -0.2) is 4.39 Å². The number of para-hydroxylation sites is 1. The van der Waals surface area contributed by atoms with Crippen LogP contribution in [0.1, 0.15) is 76.3 Å². The Labute approximate surface area is 283 Å². The highest BCUT2D eigenvalue weighted by molar-refractivity contribution is 5.98. The van der Waals surface area contributed by atoms with Crippen molar-refractivity contribution in [3.8, 4) is 0 Å². The molecule has 1 aliphatic carbocycles. The molecule has 9 nitrogen and oxygen atoms in total. The number of likely N-dealkylation sites (N-methyl/N-ethyl adjacent to an activating group) is 1. The highest BCUT2D eigenvalue weighted by atomic mass is 19.4. The summed E-state index contributed by atoms with van der Waals surface area (Å²) in [5, 5.41) is 11.5. The van der Waals surface area contributed by atoms with Crippen LogP contribution in [-0.2, 0) is 44.6 Å². The lowest BCUT2D eigenvalue weighted by molar-refractivity contribution is -0.139. The Hall–Kier alpha value is -4.42. The van der Waals surface area contributed by atoms with Crippen LogP contribution in [0.25, 0.3) is 10.9 Å². The number of alkyl halides is 3. The van der Waals surface area contributed by atoms with E-state index in [1.54, 1.807) is 19.9 Å². The first-order valence-electron chi connectivity index (χ1n) is 16.8. The Morgan fingerprint density at radius 3 is 2.16 bits per heavy atom. The third kappa shape index (κ3) is 8.25. The Morgan fingerprint density at radius 1 is 0.898 bits per heavy atom. The summed E-state index contributed by atoms with van der Waals surface area (Å²) in [5.41, 5.74) is -1.53. The van der Waals surface area contributed by atoms with Crippen molar-refractivity contribution in [2.24, 2.45) is 11.8 Å². The van der Waals surface area contributed by atoms with E-state index in [1.807, 2.05) is 20.8 Å². The number of benzene rings is 2. The first-order chi connectivity index (χ1) is 23.1. The van der Waals surface area contributed by atoms with E-state index in [4.69, 9.17) is 0 Å². The van der Waals surface area contributed by atoms with Crippen molar-refractivity contribution in [2.45, 2.75) is 96.9 Å². The van der Waals surface area contributed by atoms with Gasteiger partial charge in [0.2, 0.25) is 23.6 Å². The van der Waals surface area contributed by atoms with Gasteiger partial charge in [0.05, 0.1) is 17.5 Å². The Balaban J connectivity index is 1.74. The van der Waals surface area contributed by atoms with Crippen LogP contribution in [0.3, 0.4) is 0 Å². The van der Waals surface area contributed by atoms with Gasteiger partial charge in [-0.3, -0.25) is 19.2 Å². The maximum atomic E-state index is 14.4. The number of H-pyrrole nitrogens is 1. The molecule has 1 heterocycles. The molecule has 1 aliphatic rings. The number of aryl methyl sites for hydroxylation is 1. The van der Waals surface area contributed by atoms with E-state index in [2.05, 4.69) is 26.3 Å². The van der Waals surface area contributed by atoms with Gasteiger partial charge in [0.25, 0.3) is 0 Å². The molecule has 2 unspecified atom stereocenters. The number of amides is 4. The average Bonchev–Trinajstić information content (AvgIpc) is 3.43. The van der Waals surface area contributed by atoms with Crippen LogP contribution in [0.15, 0.2) is 42.5 Å². The summed E-state index contributed by atoms with van der Waals surface area (Å²) in [5.74, 6) is -3.59. The topological polar surface area (TPSA) is 132 Å².